The number of rotatable bonds is 3. The third-order valence-corrected chi connectivity index (χ3v) is 2.61. The minimum Gasteiger partial charge on any atom is -0.486 e. The number of nitrogens with two attached hydrogens (primary N) is 1. The first-order valence-corrected chi connectivity index (χ1v) is 5.63. The highest BCUT2D eigenvalue weighted by molar-refractivity contribution is 6.32. The zero-order valence-electron chi connectivity index (χ0n) is 9.57. The minimum absolute atomic E-state index is 0. The van der Waals surface area contributed by atoms with Crippen LogP contribution in [0.4, 0.5) is 0 Å². The standard InChI is InChI=1S/C11H13ClN2O3.ClH/c12-8-3-7(6-14-10(15)5-13)4-9-11(8)17-2-1-16-9;/h3-4H,1-2,5-6,13H2,(H,14,15);1H. The number of nitrogens with one attached hydrogen (secondary N) is 1. The van der Waals surface area contributed by atoms with Crippen LogP contribution in [0, 0.1) is 0 Å². The molecular formula is C11H14Cl2N2O3. The highest BCUT2D eigenvalue weighted by atomic mass is 35.5. The van der Waals surface area contributed by atoms with E-state index >= 15 is 0 Å². The van der Waals surface area contributed by atoms with Crippen LogP contribution in [0.15, 0.2) is 12.1 Å². The maximum absolute atomic E-state index is 11.0. The Hall–Kier alpha value is -1.17. The first kappa shape index (κ1) is 14.9. The molecule has 3 N–H and O–H groups in total. The molecule has 0 bridgehead atoms. The van der Waals surface area contributed by atoms with E-state index in [9.17, 15) is 4.79 Å². The molecule has 2 rings (SSSR count). The third kappa shape index (κ3) is 3.41. The van der Waals surface area contributed by atoms with Crippen LogP contribution < -0.4 is 20.5 Å². The van der Waals surface area contributed by atoms with Gasteiger partial charge in [0.2, 0.25) is 5.91 Å². The Balaban J connectivity index is 0.00000162. The van der Waals surface area contributed by atoms with Gasteiger partial charge in [-0.1, -0.05) is 11.6 Å². The highest BCUT2D eigenvalue weighted by Crippen LogP contribution is 2.38. The van der Waals surface area contributed by atoms with E-state index in [0.29, 0.717) is 36.3 Å². The molecule has 0 saturated heterocycles. The minimum atomic E-state index is -0.212. The molecule has 1 aromatic rings. The lowest BCUT2D eigenvalue weighted by molar-refractivity contribution is -0.119. The number of halogens is 2. The van der Waals surface area contributed by atoms with E-state index in [4.69, 9.17) is 26.8 Å². The van der Waals surface area contributed by atoms with Crippen LogP contribution in [-0.4, -0.2) is 25.7 Å². The molecule has 0 aliphatic carbocycles. The van der Waals surface area contributed by atoms with Gasteiger partial charge in [-0.15, -0.1) is 12.4 Å². The number of hydrogen-bond acceptors (Lipinski definition) is 4. The van der Waals surface area contributed by atoms with Crippen molar-refractivity contribution in [2.75, 3.05) is 19.8 Å². The lowest BCUT2D eigenvalue weighted by Gasteiger charge is -2.20. The van der Waals surface area contributed by atoms with Crippen molar-refractivity contribution in [2.45, 2.75) is 6.54 Å². The molecule has 1 amide bonds. The fraction of sp³-hybridized carbons (Fsp3) is 0.364. The largest absolute Gasteiger partial charge is 0.486 e. The molecule has 1 aliphatic heterocycles. The molecule has 0 unspecified atom stereocenters. The number of hydrogen-bond donors (Lipinski definition) is 2. The second-order valence-corrected chi connectivity index (χ2v) is 3.99. The molecule has 0 atom stereocenters. The van der Waals surface area contributed by atoms with Gasteiger partial charge < -0.3 is 20.5 Å². The fourth-order valence-corrected chi connectivity index (χ4v) is 1.83. The van der Waals surface area contributed by atoms with Crippen molar-refractivity contribution < 1.29 is 14.3 Å². The molecule has 1 aliphatic rings. The zero-order valence-corrected chi connectivity index (χ0v) is 11.1. The van der Waals surface area contributed by atoms with Crippen LogP contribution >= 0.6 is 24.0 Å². The van der Waals surface area contributed by atoms with Gasteiger partial charge in [-0.05, 0) is 17.7 Å². The Bertz CT molecular complexity index is 441. The average molecular weight is 293 g/mol. The number of carbonyl (C=O) groups excluding carboxylic acids is 1. The van der Waals surface area contributed by atoms with E-state index in [0.717, 1.165) is 5.56 Å². The molecule has 0 spiro atoms. The summed E-state index contributed by atoms with van der Waals surface area (Å²) in [6.45, 7) is 1.34. The van der Waals surface area contributed by atoms with E-state index in [2.05, 4.69) is 5.32 Å². The maximum atomic E-state index is 11.0. The van der Waals surface area contributed by atoms with Gasteiger partial charge in [0.1, 0.15) is 13.2 Å². The molecule has 0 saturated carbocycles. The summed E-state index contributed by atoms with van der Waals surface area (Å²) in [5, 5.41) is 3.15. The van der Waals surface area contributed by atoms with E-state index < -0.39 is 0 Å². The van der Waals surface area contributed by atoms with Crippen molar-refractivity contribution in [1.29, 1.82) is 0 Å². The summed E-state index contributed by atoms with van der Waals surface area (Å²) >= 11 is 6.05. The highest BCUT2D eigenvalue weighted by Gasteiger charge is 2.16. The second-order valence-electron chi connectivity index (χ2n) is 3.58. The Morgan fingerprint density at radius 1 is 1.39 bits per heavy atom. The summed E-state index contributed by atoms with van der Waals surface area (Å²) in [6.07, 6.45) is 0. The monoisotopic (exact) mass is 292 g/mol. The van der Waals surface area contributed by atoms with E-state index in [1.54, 1.807) is 12.1 Å². The Morgan fingerprint density at radius 2 is 2.11 bits per heavy atom. The zero-order chi connectivity index (χ0) is 12.3. The Labute approximate surface area is 116 Å². The molecular weight excluding hydrogens is 279 g/mol. The number of carbonyl (C=O) groups is 1. The molecule has 18 heavy (non-hydrogen) atoms. The second kappa shape index (κ2) is 6.68. The third-order valence-electron chi connectivity index (χ3n) is 2.33. The summed E-state index contributed by atoms with van der Waals surface area (Å²) in [4.78, 5) is 11.0. The van der Waals surface area contributed by atoms with Gasteiger partial charge in [0, 0.05) is 6.54 Å². The van der Waals surface area contributed by atoms with Gasteiger partial charge in [-0.3, -0.25) is 4.79 Å². The summed E-state index contributed by atoms with van der Waals surface area (Å²) in [5.74, 6) is 0.962. The van der Waals surface area contributed by atoms with E-state index in [1.165, 1.54) is 0 Å². The van der Waals surface area contributed by atoms with Gasteiger partial charge in [0.25, 0.3) is 0 Å². The van der Waals surface area contributed by atoms with E-state index in [1.807, 2.05) is 0 Å². The number of benzene rings is 1. The predicted octanol–water partition coefficient (Wildman–Crippen LogP) is 1.11. The first-order valence-electron chi connectivity index (χ1n) is 5.25. The number of fused-ring (bicyclic) bond motifs is 1. The molecule has 1 heterocycles. The van der Waals surface area contributed by atoms with Crippen molar-refractivity contribution in [1.82, 2.24) is 5.32 Å². The summed E-state index contributed by atoms with van der Waals surface area (Å²) in [6, 6.07) is 3.54. The number of ether oxygens (including phenoxy) is 2. The summed E-state index contributed by atoms with van der Waals surface area (Å²) in [5.41, 5.74) is 6.04. The van der Waals surface area contributed by atoms with Crippen LogP contribution in [0.5, 0.6) is 11.5 Å². The van der Waals surface area contributed by atoms with Gasteiger partial charge in [0.05, 0.1) is 11.6 Å². The fourth-order valence-electron chi connectivity index (χ4n) is 1.54. The number of amides is 1. The SMILES string of the molecule is Cl.NCC(=O)NCc1cc(Cl)c2c(c1)OCCO2. The van der Waals surface area contributed by atoms with Crippen LogP contribution in [0.3, 0.4) is 0 Å². The van der Waals surface area contributed by atoms with Gasteiger partial charge in [-0.2, -0.15) is 0 Å². The Morgan fingerprint density at radius 3 is 2.83 bits per heavy atom. The molecule has 1 aromatic carbocycles. The van der Waals surface area contributed by atoms with Crippen molar-refractivity contribution in [3.8, 4) is 11.5 Å². The van der Waals surface area contributed by atoms with Gasteiger partial charge >= 0.3 is 0 Å². The van der Waals surface area contributed by atoms with Crippen molar-refractivity contribution in [3.63, 3.8) is 0 Å². The molecule has 0 aromatic heterocycles. The maximum Gasteiger partial charge on any atom is 0.234 e. The van der Waals surface area contributed by atoms with Crippen LogP contribution in [0.2, 0.25) is 5.02 Å². The van der Waals surface area contributed by atoms with Crippen molar-refractivity contribution >= 4 is 29.9 Å². The Kier molecular flexibility index (Phi) is 5.53. The normalized spacial score (nSPS) is 12.6. The molecule has 0 radical (unpaired) electrons. The summed E-state index contributed by atoms with van der Waals surface area (Å²) < 4.78 is 10.8. The lowest BCUT2D eigenvalue weighted by atomic mass is 10.2. The van der Waals surface area contributed by atoms with Crippen LogP contribution in [0.25, 0.3) is 0 Å². The molecule has 5 nitrogen and oxygen atoms in total. The van der Waals surface area contributed by atoms with Crippen LogP contribution in [-0.2, 0) is 11.3 Å². The van der Waals surface area contributed by atoms with Gasteiger partial charge in [-0.25, -0.2) is 0 Å². The van der Waals surface area contributed by atoms with Gasteiger partial charge in [0.15, 0.2) is 11.5 Å². The van der Waals surface area contributed by atoms with Crippen LogP contribution in [0.1, 0.15) is 5.56 Å². The van der Waals surface area contributed by atoms with E-state index in [-0.39, 0.29) is 24.9 Å². The summed E-state index contributed by atoms with van der Waals surface area (Å²) in [7, 11) is 0. The topological polar surface area (TPSA) is 73.6 Å². The average Bonchev–Trinajstić information content (AvgIpc) is 2.36. The quantitative estimate of drug-likeness (QED) is 0.875. The lowest BCUT2D eigenvalue weighted by Crippen LogP contribution is -2.29. The predicted molar refractivity (Wildman–Crippen MR) is 70.6 cm³/mol. The van der Waals surface area contributed by atoms with Crippen molar-refractivity contribution in [3.05, 3.63) is 22.7 Å². The van der Waals surface area contributed by atoms with Crippen molar-refractivity contribution in [2.24, 2.45) is 5.73 Å². The molecule has 100 valence electrons. The molecule has 0 fully saturated rings. The first-order chi connectivity index (χ1) is 8.20. The smallest absolute Gasteiger partial charge is 0.234 e. The molecule has 7 heteroatoms.